The SMILES string of the molecule is CCNCc1cnc(N2CCNC(=O)CC2)c(C)c1. The number of carbonyl (C=O) groups is 1. The van der Waals surface area contributed by atoms with Crippen LogP contribution in [0.2, 0.25) is 0 Å². The Morgan fingerprint density at radius 1 is 1.47 bits per heavy atom. The summed E-state index contributed by atoms with van der Waals surface area (Å²) in [5, 5.41) is 6.18. The van der Waals surface area contributed by atoms with Gasteiger partial charge in [0.25, 0.3) is 0 Å². The Bertz CT molecular complexity index is 447. The molecule has 0 aliphatic carbocycles. The van der Waals surface area contributed by atoms with E-state index in [0.717, 1.165) is 32.0 Å². The molecule has 0 aromatic carbocycles. The maximum Gasteiger partial charge on any atom is 0.221 e. The molecule has 0 atom stereocenters. The number of amides is 1. The van der Waals surface area contributed by atoms with Gasteiger partial charge in [-0.05, 0) is 30.7 Å². The smallest absolute Gasteiger partial charge is 0.221 e. The fraction of sp³-hybridized carbons (Fsp3) is 0.571. The molecule has 1 aliphatic heterocycles. The van der Waals surface area contributed by atoms with Gasteiger partial charge in [0.05, 0.1) is 0 Å². The van der Waals surface area contributed by atoms with Crippen LogP contribution in [0.5, 0.6) is 0 Å². The van der Waals surface area contributed by atoms with Crippen molar-refractivity contribution in [3.8, 4) is 0 Å². The van der Waals surface area contributed by atoms with E-state index in [1.165, 1.54) is 11.1 Å². The number of aromatic nitrogens is 1. The summed E-state index contributed by atoms with van der Waals surface area (Å²) in [7, 11) is 0. The fourth-order valence-electron chi connectivity index (χ4n) is 2.30. The summed E-state index contributed by atoms with van der Waals surface area (Å²) < 4.78 is 0. The van der Waals surface area contributed by atoms with Gasteiger partial charge in [-0.2, -0.15) is 0 Å². The Hall–Kier alpha value is -1.62. The average molecular weight is 262 g/mol. The van der Waals surface area contributed by atoms with Gasteiger partial charge in [0.15, 0.2) is 0 Å². The van der Waals surface area contributed by atoms with Crippen LogP contribution in [0.1, 0.15) is 24.5 Å². The highest BCUT2D eigenvalue weighted by molar-refractivity contribution is 5.77. The van der Waals surface area contributed by atoms with Gasteiger partial charge in [0, 0.05) is 38.8 Å². The molecule has 104 valence electrons. The van der Waals surface area contributed by atoms with Gasteiger partial charge in [-0.3, -0.25) is 4.79 Å². The molecule has 2 rings (SSSR count). The minimum atomic E-state index is 0.129. The van der Waals surface area contributed by atoms with Crippen LogP contribution in [0.15, 0.2) is 12.3 Å². The van der Waals surface area contributed by atoms with E-state index in [4.69, 9.17) is 0 Å². The first-order valence-corrected chi connectivity index (χ1v) is 6.88. The number of aryl methyl sites for hydroxylation is 1. The predicted molar refractivity (Wildman–Crippen MR) is 76.2 cm³/mol. The number of hydrogen-bond donors (Lipinski definition) is 2. The normalized spacial score (nSPS) is 16.1. The van der Waals surface area contributed by atoms with E-state index in [2.05, 4.69) is 40.4 Å². The average Bonchev–Trinajstić information content (AvgIpc) is 2.61. The zero-order valence-electron chi connectivity index (χ0n) is 11.7. The van der Waals surface area contributed by atoms with E-state index < -0.39 is 0 Å². The van der Waals surface area contributed by atoms with Crippen LogP contribution in [0.25, 0.3) is 0 Å². The summed E-state index contributed by atoms with van der Waals surface area (Å²) in [5.74, 6) is 1.13. The summed E-state index contributed by atoms with van der Waals surface area (Å²) in [6.45, 7) is 8.25. The van der Waals surface area contributed by atoms with Crippen LogP contribution in [-0.4, -0.2) is 37.1 Å². The molecule has 2 heterocycles. The number of anilines is 1. The van der Waals surface area contributed by atoms with Gasteiger partial charge < -0.3 is 15.5 Å². The minimum Gasteiger partial charge on any atom is -0.354 e. The summed E-state index contributed by atoms with van der Waals surface area (Å²) >= 11 is 0. The number of rotatable bonds is 4. The maximum atomic E-state index is 11.4. The van der Waals surface area contributed by atoms with Crippen LogP contribution in [0, 0.1) is 6.92 Å². The first-order valence-electron chi connectivity index (χ1n) is 6.88. The lowest BCUT2D eigenvalue weighted by Gasteiger charge is -2.22. The number of nitrogens with one attached hydrogen (secondary N) is 2. The highest BCUT2D eigenvalue weighted by atomic mass is 16.1. The van der Waals surface area contributed by atoms with E-state index >= 15 is 0 Å². The number of hydrogen-bond acceptors (Lipinski definition) is 4. The second-order valence-electron chi connectivity index (χ2n) is 4.85. The molecule has 0 bridgehead atoms. The lowest BCUT2D eigenvalue weighted by molar-refractivity contribution is -0.120. The zero-order chi connectivity index (χ0) is 13.7. The monoisotopic (exact) mass is 262 g/mol. The molecule has 1 aromatic heterocycles. The van der Waals surface area contributed by atoms with Crippen molar-refractivity contribution in [1.29, 1.82) is 0 Å². The quantitative estimate of drug-likeness (QED) is 0.844. The van der Waals surface area contributed by atoms with E-state index in [1.54, 1.807) is 0 Å². The Labute approximate surface area is 114 Å². The summed E-state index contributed by atoms with van der Waals surface area (Å²) in [6, 6.07) is 2.17. The Morgan fingerprint density at radius 3 is 3.05 bits per heavy atom. The topological polar surface area (TPSA) is 57.3 Å². The molecule has 5 heteroatoms. The van der Waals surface area contributed by atoms with Gasteiger partial charge >= 0.3 is 0 Å². The Morgan fingerprint density at radius 2 is 2.32 bits per heavy atom. The lowest BCUT2D eigenvalue weighted by Crippen LogP contribution is -2.29. The van der Waals surface area contributed by atoms with Crippen molar-refractivity contribution in [2.75, 3.05) is 31.1 Å². The van der Waals surface area contributed by atoms with Gasteiger partial charge in [-0.15, -0.1) is 0 Å². The van der Waals surface area contributed by atoms with Crippen LogP contribution >= 0.6 is 0 Å². The van der Waals surface area contributed by atoms with Crippen molar-refractivity contribution >= 4 is 11.7 Å². The van der Waals surface area contributed by atoms with Crippen LogP contribution in [0.3, 0.4) is 0 Å². The summed E-state index contributed by atoms with van der Waals surface area (Å²) in [4.78, 5) is 18.1. The largest absolute Gasteiger partial charge is 0.354 e. The molecule has 1 amide bonds. The molecule has 1 fully saturated rings. The summed E-state index contributed by atoms with van der Waals surface area (Å²) in [5.41, 5.74) is 2.37. The van der Waals surface area contributed by atoms with Crippen LogP contribution in [-0.2, 0) is 11.3 Å². The minimum absolute atomic E-state index is 0.129. The third-order valence-electron chi connectivity index (χ3n) is 3.30. The van der Waals surface area contributed by atoms with E-state index in [9.17, 15) is 4.79 Å². The lowest BCUT2D eigenvalue weighted by atomic mass is 10.2. The number of carbonyl (C=O) groups excluding carboxylic acids is 1. The standard InChI is InChI=1S/C14H22N4O/c1-3-15-9-12-8-11(2)14(17-10-12)18-6-4-13(19)16-5-7-18/h8,10,15H,3-7,9H2,1-2H3,(H,16,19). The van der Waals surface area contributed by atoms with Gasteiger partial charge in [0.1, 0.15) is 5.82 Å². The fourth-order valence-corrected chi connectivity index (χ4v) is 2.30. The van der Waals surface area contributed by atoms with Crippen LogP contribution in [0.4, 0.5) is 5.82 Å². The van der Waals surface area contributed by atoms with Crippen molar-refractivity contribution in [3.05, 3.63) is 23.4 Å². The number of nitrogens with zero attached hydrogens (tertiary/aromatic N) is 2. The van der Waals surface area contributed by atoms with Gasteiger partial charge in [-0.1, -0.05) is 6.92 Å². The molecule has 0 spiro atoms. The van der Waals surface area contributed by atoms with Gasteiger partial charge in [0.2, 0.25) is 5.91 Å². The molecule has 0 unspecified atom stereocenters. The van der Waals surface area contributed by atoms with E-state index in [-0.39, 0.29) is 5.91 Å². The molecule has 1 aliphatic rings. The molecule has 5 nitrogen and oxygen atoms in total. The van der Waals surface area contributed by atoms with Crippen molar-refractivity contribution in [1.82, 2.24) is 15.6 Å². The summed E-state index contributed by atoms with van der Waals surface area (Å²) in [6.07, 6.45) is 2.46. The first-order chi connectivity index (χ1) is 9.20. The zero-order valence-corrected chi connectivity index (χ0v) is 11.7. The maximum absolute atomic E-state index is 11.4. The third kappa shape index (κ3) is 3.67. The molecular weight excluding hydrogens is 240 g/mol. The van der Waals surface area contributed by atoms with Gasteiger partial charge in [-0.25, -0.2) is 4.98 Å². The molecular formula is C14H22N4O. The molecule has 1 aromatic rings. The predicted octanol–water partition coefficient (Wildman–Crippen LogP) is 0.826. The van der Waals surface area contributed by atoms with E-state index in [0.29, 0.717) is 13.0 Å². The van der Waals surface area contributed by atoms with Crippen molar-refractivity contribution < 1.29 is 4.79 Å². The highest BCUT2D eigenvalue weighted by Gasteiger charge is 2.16. The Balaban J connectivity index is 2.09. The van der Waals surface area contributed by atoms with Crippen LogP contribution < -0.4 is 15.5 Å². The molecule has 0 radical (unpaired) electrons. The second-order valence-corrected chi connectivity index (χ2v) is 4.85. The molecule has 19 heavy (non-hydrogen) atoms. The van der Waals surface area contributed by atoms with Crippen molar-refractivity contribution in [2.45, 2.75) is 26.8 Å². The number of pyridine rings is 1. The first kappa shape index (κ1) is 13.8. The van der Waals surface area contributed by atoms with E-state index in [1.807, 2.05) is 6.20 Å². The second kappa shape index (κ2) is 6.52. The van der Waals surface area contributed by atoms with Crippen molar-refractivity contribution in [3.63, 3.8) is 0 Å². The third-order valence-corrected chi connectivity index (χ3v) is 3.30. The Kier molecular flexibility index (Phi) is 4.74. The van der Waals surface area contributed by atoms with Crippen molar-refractivity contribution in [2.24, 2.45) is 0 Å². The molecule has 1 saturated heterocycles. The molecule has 2 N–H and O–H groups in total. The molecule has 0 saturated carbocycles. The highest BCUT2D eigenvalue weighted by Crippen LogP contribution is 2.18.